The zero-order chi connectivity index (χ0) is 25.2. The van der Waals surface area contributed by atoms with Crippen molar-refractivity contribution in [3.05, 3.63) is 48.5 Å². The first-order valence-electron chi connectivity index (χ1n) is 10.8. The standard InChI is InChI=1S/C22H30N2O8P2/c25-17-23(19-9-7-11-21(15-19)33(27,28)29)13-5-3-1-2-4-6-14-24(18-26)20-10-8-12-22(16-20)34(30,31)32/h7-12,15-18H,1-6,13-14H2,(H2,27,28,29)(H2,30,31,32). The van der Waals surface area contributed by atoms with E-state index in [0.717, 1.165) is 38.5 Å². The Morgan fingerprint density at radius 2 is 0.971 bits per heavy atom. The van der Waals surface area contributed by atoms with Crippen molar-refractivity contribution in [2.75, 3.05) is 22.9 Å². The molecule has 0 saturated heterocycles. The van der Waals surface area contributed by atoms with Crippen molar-refractivity contribution in [3.8, 4) is 0 Å². The van der Waals surface area contributed by atoms with Crippen LogP contribution in [0.15, 0.2) is 48.5 Å². The van der Waals surface area contributed by atoms with Crippen LogP contribution in [0, 0.1) is 0 Å². The smallest absolute Gasteiger partial charge is 0.321 e. The maximum absolute atomic E-state index is 11.4. The van der Waals surface area contributed by atoms with E-state index in [1.807, 2.05) is 0 Å². The highest BCUT2D eigenvalue weighted by molar-refractivity contribution is 7.60. The van der Waals surface area contributed by atoms with Gasteiger partial charge in [0, 0.05) is 24.5 Å². The van der Waals surface area contributed by atoms with Crippen molar-refractivity contribution in [2.24, 2.45) is 0 Å². The molecule has 0 atom stereocenters. The minimum Gasteiger partial charge on any atom is -0.321 e. The molecule has 0 radical (unpaired) electrons. The van der Waals surface area contributed by atoms with Crippen molar-refractivity contribution in [1.82, 2.24) is 0 Å². The van der Waals surface area contributed by atoms with Gasteiger partial charge in [-0.1, -0.05) is 37.8 Å². The van der Waals surface area contributed by atoms with E-state index in [9.17, 15) is 38.3 Å². The summed E-state index contributed by atoms with van der Waals surface area (Å²) in [5, 5.41) is -0.260. The topological polar surface area (TPSA) is 156 Å². The van der Waals surface area contributed by atoms with Gasteiger partial charge in [0.1, 0.15) is 0 Å². The van der Waals surface area contributed by atoms with Crippen LogP contribution in [-0.2, 0) is 18.7 Å². The summed E-state index contributed by atoms with van der Waals surface area (Å²) in [7, 11) is -8.77. The molecule has 0 aliphatic carbocycles. The zero-order valence-corrected chi connectivity index (χ0v) is 20.4. The summed E-state index contributed by atoms with van der Waals surface area (Å²) in [6.07, 6.45) is 6.33. The van der Waals surface area contributed by atoms with E-state index in [-0.39, 0.29) is 10.6 Å². The van der Waals surface area contributed by atoms with Gasteiger partial charge in [0.2, 0.25) is 12.8 Å². The molecule has 2 rings (SSSR count). The Balaban J connectivity index is 1.71. The minimum absolute atomic E-state index is 0.130. The van der Waals surface area contributed by atoms with Crippen molar-refractivity contribution in [3.63, 3.8) is 0 Å². The highest BCUT2D eigenvalue weighted by Gasteiger charge is 2.19. The van der Waals surface area contributed by atoms with Crippen molar-refractivity contribution >= 4 is 50.0 Å². The zero-order valence-electron chi connectivity index (χ0n) is 18.6. The number of nitrogens with zero attached hydrogens (tertiary/aromatic N) is 2. The summed E-state index contributed by atoms with van der Waals surface area (Å²) in [6.45, 7) is 0.867. The van der Waals surface area contributed by atoms with Gasteiger partial charge >= 0.3 is 15.2 Å². The van der Waals surface area contributed by atoms with E-state index in [0.29, 0.717) is 37.3 Å². The maximum Gasteiger partial charge on any atom is 0.356 e. The molecule has 0 bridgehead atoms. The van der Waals surface area contributed by atoms with Gasteiger partial charge in [0.15, 0.2) is 0 Å². The first-order chi connectivity index (χ1) is 16.1. The molecule has 0 saturated carbocycles. The van der Waals surface area contributed by atoms with Crippen LogP contribution in [0.1, 0.15) is 38.5 Å². The summed E-state index contributed by atoms with van der Waals surface area (Å²) in [6, 6.07) is 11.6. The first-order valence-corrected chi connectivity index (χ1v) is 14.0. The molecule has 0 spiro atoms. The second-order valence-corrected chi connectivity index (χ2v) is 11.1. The van der Waals surface area contributed by atoms with Gasteiger partial charge in [-0.15, -0.1) is 0 Å². The average Bonchev–Trinajstić information content (AvgIpc) is 2.79. The molecule has 4 N–H and O–H groups in total. The van der Waals surface area contributed by atoms with E-state index >= 15 is 0 Å². The van der Waals surface area contributed by atoms with Crippen molar-refractivity contribution < 1.29 is 38.3 Å². The normalized spacial score (nSPS) is 11.8. The quantitative estimate of drug-likeness (QED) is 0.161. The van der Waals surface area contributed by atoms with Crippen molar-refractivity contribution in [1.29, 1.82) is 0 Å². The molecule has 2 aromatic carbocycles. The lowest BCUT2D eigenvalue weighted by Gasteiger charge is -2.19. The fourth-order valence-electron chi connectivity index (χ4n) is 3.46. The largest absolute Gasteiger partial charge is 0.356 e. The van der Waals surface area contributed by atoms with Crippen LogP contribution in [0.3, 0.4) is 0 Å². The molecule has 0 aliphatic rings. The Hall–Kier alpha value is -2.32. The molecule has 186 valence electrons. The number of rotatable bonds is 15. The fraction of sp³-hybridized carbons (Fsp3) is 0.364. The number of carbonyl (C=O) groups is 2. The lowest BCUT2D eigenvalue weighted by molar-refractivity contribution is -0.108. The molecule has 34 heavy (non-hydrogen) atoms. The Morgan fingerprint density at radius 1 is 0.618 bits per heavy atom. The van der Waals surface area contributed by atoms with Gasteiger partial charge in [0.25, 0.3) is 0 Å². The minimum atomic E-state index is -4.38. The second kappa shape index (κ2) is 13.0. The van der Waals surface area contributed by atoms with Crippen molar-refractivity contribution in [2.45, 2.75) is 38.5 Å². The number of hydrogen-bond acceptors (Lipinski definition) is 4. The van der Waals surface area contributed by atoms with Crippen LogP contribution in [0.25, 0.3) is 0 Å². The van der Waals surface area contributed by atoms with E-state index in [2.05, 4.69) is 0 Å². The van der Waals surface area contributed by atoms with Crippen LogP contribution in [0.2, 0.25) is 0 Å². The molecular formula is C22H30N2O8P2. The molecular weight excluding hydrogens is 482 g/mol. The Labute approximate surface area is 198 Å². The third-order valence-corrected chi connectivity index (χ3v) is 7.20. The number of benzene rings is 2. The molecule has 12 heteroatoms. The summed E-state index contributed by atoms with van der Waals surface area (Å²) in [5.74, 6) is 0. The predicted molar refractivity (Wildman–Crippen MR) is 131 cm³/mol. The molecule has 0 heterocycles. The predicted octanol–water partition coefficient (Wildman–Crippen LogP) is 2.26. The average molecular weight is 512 g/mol. The molecule has 0 aromatic heterocycles. The lowest BCUT2D eigenvalue weighted by atomic mass is 10.1. The van der Waals surface area contributed by atoms with Crippen LogP contribution >= 0.6 is 15.2 Å². The van der Waals surface area contributed by atoms with Gasteiger partial charge in [-0.05, 0) is 49.2 Å². The summed E-state index contributed by atoms with van der Waals surface area (Å²) < 4.78 is 22.8. The second-order valence-electron chi connectivity index (χ2n) is 7.85. The van der Waals surface area contributed by atoms with Crippen LogP contribution in [0.5, 0.6) is 0 Å². The van der Waals surface area contributed by atoms with Gasteiger partial charge in [-0.3, -0.25) is 18.7 Å². The van der Waals surface area contributed by atoms with Crippen LogP contribution in [0.4, 0.5) is 11.4 Å². The molecule has 2 amide bonds. The monoisotopic (exact) mass is 512 g/mol. The highest BCUT2D eigenvalue weighted by atomic mass is 31.2. The Kier molecular flexibility index (Phi) is 10.6. The van der Waals surface area contributed by atoms with E-state index in [1.54, 1.807) is 12.1 Å². The van der Waals surface area contributed by atoms with Gasteiger partial charge in [-0.2, -0.15) is 0 Å². The summed E-state index contributed by atoms with van der Waals surface area (Å²) >= 11 is 0. The number of hydrogen-bond donors (Lipinski definition) is 4. The molecule has 10 nitrogen and oxygen atoms in total. The number of carbonyl (C=O) groups excluding carboxylic acids is 2. The molecule has 0 fully saturated rings. The van der Waals surface area contributed by atoms with E-state index < -0.39 is 15.2 Å². The summed E-state index contributed by atoms with van der Waals surface area (Å²) in [4.78, 5) is 62.8. The van der Waals surface area contributed by atoms with Gasteiger partial charge in [0.05, 0.1) is 10.6 Å². The number of unbranched alkanes of at least 4 members (excludes halogenated alkanes) is 5. The van der Waals surface area contributed by atoms with Crippen LogP contribution in [-0.4, -0.2) is 45.5 Å². The third-order valence-electron chi connectivity index (χ3n) is 5.30. The van der Waals surface area contributed by atoms with E-state index in [4.69, 9.17) is 0 Å². The number of amides is 2. The lowest BCUT2D eigenvalue weighted by Crippen LogP contribution is -2.23. The molecule has 0 aliphatic heterocycles. The molecule has 0 unspecified atom stereocenters. The van der Waals surface area contributed by atoms with Crippen LogP contribution < -0.4 is 20.4 Å². The SMILES string of the molecule is O=CN(CCCCCCCCN(C=O)c1cccc(P(=O)(O)O)c1)c1cccc(P(=O)(O)O)c1. The highest BCUT2D eigenvalue weighted by Crippen LogP contribution is 2.35. The van der Waals surface area contributed by atoms with E-state index in [1.165, 1.54) is 46.2 Å². The summed E-state index contributed by atoms with van der Waals surface area (Å²) in [5.41, 5.74) is 0.875. The first kappa shape index (κ1) is 27.9. The van der Waals surface area contributed by atoms with Gasteiger partial charge in [-0.25, -0.2) is 0 Å². The Morgan fingerprint density at radius 3 is 1.29 bits per heavy atom. The Bertz CT molecular complexity index is 969. The number of anilines is 2. The fourth-order valence-corrected chi connectivity index (χ4v) is 4.62. The third kappa shape index (κ3) is 8.80. The van der Waals surface area contributed by atoms with Gasteiger partial charge < -0.3 is 29.4 Å². The maximum atomic E-state index is 11.4. The molecule has 2 aromatic rings.